The summed E-state index contributed by atoms with van der Waals surface area (Å²) in [4.78, 5) is 4.05. The van der Waals surface area contributed by atoms with E-state index in [4.69, 9.17) is 0 Å². The highest BCUT2D eigenvalue weighted by molar-refractivity contribution is 5.76. The van der Waals surface area contributed by atoms with E-state index in [1.54, 1.807) is 0 Å². The van der Waals surface area contributed by atoms with Crippen molar-refractivity contribution in [1.82, 2.24) is 4.98 Å². The second-order valence-corrected chi connectivity index (χ2v) is 4.60. The van der Waals surface area contributed by atoms with Gasteiger partial charge in [0.2, 0.25) is 0 Å². The van der Waals surface area contributed by atoms with Crippen molar-refractivity contribution in [2.45, 2.75) is 0 Å². The van der Waals surface area contributed by atoms with E-state index in [9.17, 15) is 0 Å². The fraction of sp³-hybridized carbons (Fsp3) is 0. The maximum Gasteiger partial charge on any atom is 0.0273 e. The molecule has 1 heteroatoms. The largest absolute Gasteiger partial charge is 0.265 e. The number of hydrogen-bond acceptors (Lipinski definition) is 1. The van der Waals surface area contributed by atoms with Gasteiger partial charge in [-0.2, -0.15) is 0 Å². The van der Waals surface area contributed by atoms with Crippen molar-refractivity contribution < 1.29 is 0 Å². The summed E-state index contributed by atoms with van der Waals surface area (Å²) in [6.07, 6.45) is 5.53. The van der Waals surface area contributed by atoms with Gasteiger partial charge in [0.1, 0.15) is 0 Å². The summed E-state index contributed by atoms with van der Waals surface area (Å²) in [5.41, 5.74) is 5.96. The smallest absolute Gasteiger partial charge is 0.0273 e. The Morgan fingerprint density at radius 1 is 0.700 bits per heavy atom. The number of aromatic nitrogens is 1. The lowest BCUT2D eigenvalue weighted by Crippen LogP contribution is -1.83. The number of nitrogens with zero attached hydrogens (tertiary/aromatic N) is 1. The zero-order valence-corrected chi connectivity index (χ0v) is 11.2. The minimum Gasteiger partial charge on any atom is -0.265 e. The fourth-order valence-electron chi connectivity index (χ4n) is 2.32. The first-order chi connectivity index (χ1) is 9.88. The molecular formula is C19H15N. The van der Waals surface area contributed by atoms with Crippen molar-refractivity contribution in [3.05, 3.63) is 85.2 Å². The van der Waals surface area contributed by atoms with Crippen LogP contribution in [-0.4, -0.2) is 4.98 Å². The van der Waals surface area contributed by atoms with Gasteiger partial charge in [0.25, 0.3) is 0 Å². The topological polar surface area (TPSA) is 12.9 Å². The Morgan fingerprint density at radius 3 is 2.00 bits per heavy atom. The summed E-state index contributed by atoms with van der Waals surface area (Å²) in [6, 6.07) is 20.9. The van der Waals surface area contributed by atoms with E-state index in [1.807, 2.05) is 36.7 Å². The summed E-state index contributed by atoms with van der Waals surface area (Å²) < 4.78 is 0. The lowest BCUT2D eigenvalue weighted by atomic mass is 9.97. The summed E-state index contributed by atoms with van der Waals surface area (Å²) in [6.45, 7) is 3.88. The quantitative estimate of drug-likeness (QED) is 0.639. The maximum atomic E-state index is 4.05. The van der Waals surface area contributed by atoms with Gasteiger partial charge in [-0.3, -0.25) is 4.98 Å². The normalized spacial score (nSPS) is 10.2. The molecule has 0 radical (unpaired) electrons. The molecule has 1 heterocycles. The van der Waals surface area contributed by atoms with Crippen LogP contribution >= 0.6 is 0 Å². The molecule has 1 aromatic heterocycles. The standard InChI is InChI=1S/C19H15N/c1-2-15-5-3-4-6-19(15)18-9-7-16(8-10-18)17-11-13-20-14-12-17/h2-14H,1H2. The summed E-state index contributed by atoms with van der Waals surface area (Å²) >= 11 is 0. The molecule has 0 aliphatic carbocycles. The predicted octanol–water partition coefficient (Wildman–Crippen LogP) is 5.06. The highest BCUT2D eigenvalue weighted by Gasteiger charge is 2.02. The molecule has 96 valence electrons. The van der Waals surface area contributed by atoms with Crippen molar-refractivity contribution in [3.63, 3.8) is 0 Å². The van der Waals surface area contributed by atoms with E-state index in [0.29, 0.717) is 0 Å². The van der Waals surface area contributed by atoms with Gasteiger partial charge in [-0.15, -0.1) is 0 Å². The van der Waals surface area contributed by atoms with Crippen molar-refractivity contribution in [3.8, 4) is 22.3 Å². The van der Waals surface area contributed by atoms with Crippen LogP contribution in [0.15, 0.2) is 79.6 Å². The predicted molar refractivity (Wildman–Crippen MR) is 85.2 cm³/mol. The molecule has 0 spiro atoms. The molecular weight excluding hydrogens is 242 g/mol. The Hall–Kier alpha value is -2.67. The third-order valence-corrected chi connectivity index (χ3v) is 3.39. The van der Waals surface area contributed by atoms with E-state index >= 15 is 0 Å². The third-order valence-electron chi connectivity index (χ3n) is 3.39. The van der Waals surface area contributed by atoms with E-state index in [2.05, 4.69) is 54.0 Å². The molecule has 2 aromatic carbocycles. The lowest BCUT2D eigenvalue weighted by Gasteiger charge is -2.07. The van der Waals surface area contributed by atoms with E-state index < -0.39 is 0 Å². The van der Waals surface area contributed by atoms with Crippen molar-refractivity contribution in [1.29, 1.82) is 0 Å². The molecule has 0 N–H and O–H groups in total. The van der Waals surface area contributed by atoms with Crippen LogP contribution in [-0.2, 0) is 0 Å². The Bertz CT molecular complexity index is 712. The van der Waals surface area contributed by atoms with Gasteiger partial charge in [0.05, 0.1) is 0 Å². The van der Waals surface area contributed by atoms with E-state index in [0.717, 1.165) is 5.56 Å². The average molecular weight is 257 g/mol. The molecule has 3 aromatic rings. The SMILES string of the molecule is C=Cc1ccccc1-c1ccc(-c2ccncc2)cc1. The van der Waals surface area contributed by atoms with E-state index in [1.165, 1.54) is 22.3 Å². The molecule has 0 amide bonds. The van der Waals surface area contributed by atoms with Crippen LogP contribution in [0.25, 0.3) is 28.3 Å². The van der Waals surface area contributed by atoms with Crippen LogP contribution in [0.2, 0.25) is 0 Å². The molecule has 0 atom stereocenters. The minimum atomic E-state index is 1.16. The third kappa shape index (κ3) is 2.39. The van der Waals surface area contributed by atoms with E-state index in [-0.39, 0.29) is 0 Å². The van der Waals surface area contributed by atoms with Crippen LogP contribution in [0.5, 0.6) is 0 Å². The maximum absolute atomic E-state index is 4.05. The van der Waals surface area contributed by atoms with Crippen LogP contribution in [0, 0.1) is 0 Å². The molecule has 0 aliphatic heterocycles. The fourth-order valence-corrected chi connectivity index (χ4v) is 2.32. The highest BCUT2D eigenvalue weighted by Crippen LogP contribution is 2.27. The monoisotopic (exact) mass is 257 g/mol. The van der Waals surface area contributed by atoms with Crippen molar-refractivity contribution in [2.75, 3.05) is 0 Å². The Kier molecular flexibility index (Phi) is 3.42. The first-order valence-corrected chi connectivity index (χ1v) is 6.61. The average Bonchev–Trinajstić information content (AvgIpc) is 2.56. The number of rotatable bonds is 3. The van der Waals surface area contributed by atoms with Gasteiger partial charge in [-0.1, -0.05) is 61.2 Å². The van der Waals surface area contributed by atoms with Crippen LogP contribution < -0.4 is 0 Å². The molecule has 0 unspecified atom stereocenters. The summed E-state index contributed by atoms with van der Waals surface area (Å²) in [5.74, 6) is 0. The number of benzene rings is 2. The Labute approximate surface area is 119 Å². The van der Waals surface area contributed by atoms with Crippen molar-refractivity contribution in [2.24, 2.45) is 0 Å². The van der Waals surface area contributed by atoms with Gasteiger partial charge < -0.3 is 0 Å². The number of pyridine rings is 1. The Morgan fingerprint density at radius 2 is 1.30 bits per heavy atom. The molecule has 0 bridgehead atoms. The molecule has 0 saturated heterocycles. The molecule has 0 fully saturated rings. The van der Waals surface area contributed by atoms with Crippen LogP contribution in [0.3, 0.4) is 0 Å². The zero-order valence-electron chi connectivity index (χ0n) is 11.2. The first-order valence-electron chi connectivity index (χ1n) is 6.61. The number of hydrogen-bond donors (Lipinski definition) is 0. The zero-order chi connectivity index (χ0) is 13.8. The molecule has 0 saturated carbocycles. The summed E-state index contributed by atoms with van der Waals surface area (Å²) in [5, 5.41) is 0. The van der Waals surface area contributed by atoms with Gasteiger partial charge in [-0.05, 0) is 39.9 Å². The second kappa shape index (κ2) is 5.54. The lowest BCUT2D eigenvalue weighted by molar-refractivity contribution is 1.33. The van der Waals surface area contributed by atoms with Gasteiger partial charge >= 0.3 is 0 Å². The van der Waals surface area contributed by atoms with Gasteiger partial charge in [-0.25, -0.2) is 0 Å². The second-order valence-electron chi connectivity index (χ2n) is 4.60. The van der Waals surface area contributed by atoms with Gasteiger partial charge in [0.15, 0.2) is 0 Å². The molecule has 20 heavy (non-hydrogen) atoms. The van der Waals surface area contributed by atoms with Gasteiger partial charge in [0, 0.05) is 12.4 Å². The Balaban J connectivity index is 2.00. The molecule has 1 nitrogen and oxygen atoms in total. The summed E-state index contributed by atoms with van der Waals surface area (Å²) in [7, 11) is 0. The van der Waals surface area contributed by atoms with Crippen molar-refractivity contribution >= 4 is 6.08 Å². The highest BCUT2D eigenvalue weighted by atomic mass is 14.6. The molecule has 0 aliphatic rings. The van der Waals surface area contributed by atoms with Crippen LogP contribution in [0.1, 0.15) is 5.56 Å². The first kappa shape index (κ1) is 12.4. The minimum absolute atomic E-state index is 1.16. The van der Waals surface area contributed by atoms with Crippen LogP contribution in [0.4, 0.5) is 0 Å². The molecule has 3 rings (SSSR count).